The molecule has 0 bridgehead atoms. The fraction of sp³-hybridized carbons (Fsp3) is 0.0800. The lowest BCUT2D eigenvalue weighted by Crippen LogP contribution is -2.16. The highest BCUT2D eigenvalue weighted by atomic mass is 16.4. The second-order valence-corrected chi connectivity index (χ2v) is 7.44. The molecule has 1 amide bonds. The Labute approximate surface area is 188 Å². The summed E-state index contributed by atoms with van der Waals surface area (Å²) in [6.07, 6.45) is 0.236. The molecule has 0 aliphatic heterocycles. The molecule has 5 N–H and O–H groups in total. The largest absolute Gasteiger partial charge is 0.456 e. The molecule has 0 fully saturated rings. The minimum absolute atomic E-state index is 0.113. The first-order valence-electron chi connectivity index (χ1n) is 10.4. The number of hydrogen-bond donors (Lipinski definition) is 3. The first-order valence-corrected chi connectivity index (χ1v) is 10.4. The molecule has 5 aromatic rings. The van der Waals surface area contributed by atoms with Gasteiger partial charge in [0.15, 0.2) is 5.58 Å². The van der Waals surface area contributed by atoms with Gasteiger partial charge < -0.3 is 25.6 Å². The van der Waals surface area contributed by atoms with Crippen molar-refractivity contribution in [3.63, 3.8) is 0 Å². The Balaban J connectivity index is 1.67. The summed E-state index contributed by atoms with van der Waals surface area (Å²) in [5.74, 6) is 0.447. The topological polar surface area (TPSA) is 133 Å². The minimum atomic E-state index is -0.159. The summed E-state index contributed by atoms with van der Waals surface area (Å²) >= 11 is 0. The van der Waals surface area contributed by atoms with Gasteiger partial charge in [0.1, 0.15) is 16.9 Å². The molecule has 0 saturated carbocycles. The van der Waals surface area contributed by atoms with Gasteiger partial charge in [-0.15, -0.1) is 0 Å². The number of para-hydroxylation sites is 3. The summed E-state index contributed by atoms with van der Waals surface area (Å²) in [6.45, 7) is 0.278. The Kier molecular flexibility index (Phi) is 5.34. The van der Waals surface area contributed by atoms with Crippen LogP contribution in [0.15, 0.2) is 86.6 Å². The lowest BCUT2D eigenvalue weighted by atomic mass is 10.1. The molecule has 33 heavy (non-hydrogen) atoms. The first kappa shape index (κ1) is 20.5. The SMILES string of the molecule is NCCC(=O)Nc1ccccc1N=c1cc(-c2ccc3nc(N)oc3c2)oc2ccccc12. The molecule has 5 rings (SSSR count). The zero-order valence-corrected chi connectivity index (χ0v) is 17.6. The molecule has 0 spiro atoms. The molecular formula is C25H21N5O3. The van der Waals surface area contributed by atoms with Gasteiger partial charge in [0.05, 0.1) is 16.7 Å². The molecule has 0 saturated heterocycles. The number of amides is 1. The molecule has 164 valence electrons. The lowest BCUT2D eigenvalue weighted by Gasteiger charge is -2.08. The molecule has 3 aromatic carbocycles. The van der Waals surface area contributed by atoms with Crippen LogP contribution in [0, 0.1) is 0 Å². The van der Waals surface area contributed by atoms with E-state index in [-0.39, 0.29) is 24.9 Å². The molecular weight excluding hydrogens is 418 g/mol. The maximum Gasteiger partial charge on any atom is 0.292 e. The average Bonchev–Trinajstić information content (AvgIpc) is 3.19. The Morgan fingerprint density at radius 1 is 0.970 bits per heavy atom. The Bertz CT molecular complexity index is 1550. The zero-order valence-electron chi connectivity index (χ0n) is 17.6. The molecule has 8 heteroatoms. The van der Waals surface area contributed by atoms with E-state index in [1.165, 1.54) is 0 Å². The number of carbonyl (C=O) groups is 1. The van der Waals surface area contributed by atoms with E-state index in [0.29, 0.717) is 39.2 Å². The molecule has 2 aromatic heterocycles. The van der Waals surface area contributed by atoms with Crippen molar-refractivity contribution in [2.45, 2.75) is 6.42 Å². The summed E-state index contributed by atoms with van der Waals surface area (Å²) in [5.41, 5.74) is 15.1. The number of nitrogens with one attached hydrogen (secondary N) is 1. The number of rotatable bonds is 5. The van der Waals surface area contributed by atoms with Crippen molar-refractivity contribution in [3.05, 3.63) is 78.2 Å². The van der Waals surface area contributed by atoms with E-state index in [1.54, 1.807) is 0 Å². The Morgan fingerprint density at radius 2 is 1.79 bits per heavy atom. The van der Waals surface area contributed by atoms with E-state index in [4.69, 9.17) is 25.3 Å². The van der Waals surface area contributed by atoms with Crippen molar-refractivity contribution in [3.8, 4) is 11.3 Å². The third kappa shape index (κ3) is 4.19. The van der Waals surface area contributed by atoms with Crippen LogP contribution < -0.4 is 22.1 Å². The fourth-order valence-corrected chi connectivity index (χ4v) is 3.60. The van der Waals surface area contributed by atoms with Crippen molar-refractivity contribution in [2.24, 2.45) is 10.7 Å². The molecule has 0 atom stereocenters. The summed E-state index contributed by atoms with van der Waals surface area (Å²) in [5, 5.41) is 4.42. The first-order chi connectivity index (χ1) is 16.1. The summed E-state index contributed by atoms with van der Waals surface area (Å²) in [6, 6.07) is 22.6. The second kappa shape index (κ2) is 8.60. The van der Waals surface area contributed by atoms with Crippen LogP contribution in [0.25, 0.3) is 33.4 Å². The monoisotopic (exact) mass is 439 g/mol. The van der Waals surface area contributed by atoms with Gasteiger partial charge in [0, 0.05) is 30.0 Å². The highest BCUT2D eigenvalue weighted by molar-refractivity contribution is 5.93. The van der Waals surface area contributed by atoms with Crippen LogP contribution in [0.4, 0.5) is 17.4 Å². The third-order valence-electron chi connectivity index (χ3n) is 5.13. The number of nitrogens with two attached hydrogens (primary N) is 2. The number of aromatic nitrogens is 1. The smallest absolute Gasteiger partial charge is 0.292 e. The van der Waals surface area contributed by atoms with Gasteiger partial charge in [-0.1, -0.05) is 24.3 Å². The van der Waals surface area contributed by atoms with Crippen LogP contribution in [-0.2, 0) is 4.79 Å². The van der Waals surface area contributed by atoms with Crippen LogP contribution >= 0.6 is 0 Å². The highest BCUT2D eigenvalue weighted by Crippen LogP contribution is 2.28. The normalized spacial score (nSPS) is 11.8. The van der Waals surface area contributed by atoms with Crippen molar-refractivity contribution in [2.75, 3.05) is 17.6 Å². The Morgan fingerprint density at radius 3 is 2.67 bits per heavy atom. The maximum absolute atomic E-state index is 12.1. The van der Waals surface area contributed by atoms with Gasteiger partial charge in [-0.2, -0.15) is 4.98 Å². The van der Waals surface area contributed by atoms with E-state index in [0.717, 1.165) is 10.9 Å². The number of nitrogen functional groups attached to an aromatic ring is 1. The molecule has 0 unspecified atom stereocenters. The van der Waals surface area contributed by atoms with E-state index in [9.17, 15) is 4.79 Å². The summed E-state index contributed by atoms with van der Waals surface area (Å²) in [7, 11) is 0. The predicted molar refractivity (Wildman–Crippen MR) is 128 cm³/mol. The number of fused-ring (bicyclic) bond motifs is 2. The van der Waals surface area contributed by atoms with E-state index in [2.05, 4.69) is 10.3 Å². The number of oxazole rings is 1. The van der Waals surface area contributed by atoms with Gasteiger partial charge in [-0.05, 0) is 42.5 Å². The van der Waals surface area contributed by atoms with Crippen molar-refractivity contribution in [1.82, 2.24) is 4.98 Å². The second-order valence-electron chi connectivity index (χ2n) is 7.44. The van der Waals surface area contributed by atoms with Gasteiger partial charge in [0.25, 0.3) is 6.01 Å². The number of benzene rings is 3. The van der Waals surface area contributed by atoms with Crippen molar-refractivity contribution >= 4 is 45.4 Å². The van der Waals surface area contributed by atoms with Crippen LogP contribution in [-0.4, -0.2) is 17.4 Å². The van der Waals surface area contributed by atoms with Gasteiger partial charge >= 0.3 is 0 Å². The molecule has 2 heterocycles. The number of anilines is 2. The summed E-state index contributed by atoms with van der Waals surface area (Å²) < 4.78 is 11.6. The van der Waals surface area contributed by atoms with E-state index in [1.807, 2.05) is 72.8 Å². The van der Waals surface area contributed by atoms with Gasteiger partial charge in [0.2, 0.25) is 5.91 Å². The van der Waals surface area contributed by atoms with Gasteiger partial charge in [-0.3, -0.25) is 4.79 Å². The number of nitrogens with zero attached hydrogens (tertiary/aromatic N) is 2. The van der Waals surface area contributed by atoms with Gasteiger partial charge in [-0.25, -0.2) is 4.99 Å². The average molecular weight is 439 g/mol. The van der Waals surface area contributed by atoms with Crippen LogP contribution in [0.3, 0.4) is 0 Å². The molecule has 0 radical (unpaired) electrons. The lowest BCUT2D eigenvalue weighted by molar-refractivity contribution is -0.116. The Hall–Kier alpha value is -4.43. The van der Waals surface area contributed by atoms with Crippen molar-refractivity contribution in [1.29, 1.82) is 0 Å². The van der Waals surface area contributed by atoms with Crippen LogP contribution in [0.1, 0.15) is 6.42 Å². The standard InChI is InChI=1S/C25H21N5O3/c26-12-11-24(31)29-18-7-3-2-6-17(18)28-20-14-22(32-21-8-4-1-5-16(20)21)15-9-10-19-23(13-15)33-25(27)30-19/h1-10,13-14H,11-12,26H2,(H2,27,30)(H,29,31). The molecule has 0 aliphatic rings. The van der Waals surface area contributed by atoms with E-state index < -0.39 is 0 Å². The van der Waals surface area contributed by atoms with Crippen molar-refractivity contribution < 1.29 is 13.6 Å². The minimum Gasteiger partial charge on any atom is -0.456 e. The quantitative estimate of drug-likeness (QED) is 0.373. The molecule has 8 nitrogen and oxygen atoms in total. The molecule has 0 aliphatic carbocycles. The van der Waals surface area contributed by atoms with Crippen LogP contribution in [0.2, 0.25) is 0 Å². The zero-order chi connectivity index (χ0) is 22.8. The predicted octanol–water partition coefficient (Wildman–Crippen LogP) is 4.34. The fourth-order valence-electron chi connectivity index (χ4n) is 3.60. The van der Waals surface area contributed by atoms with Crippen LogP contribution in [0.5, 0.6) is 0 Å². The highest BCUT2D eigenvalue weighted by Gasteiger charge is 2.11. The maximum atomic E-state index is 12.1. The number of hydrogen-bond acceptors (Lipinski definition) is 7. The van der Waals surface area contributed by atoms with E-state index >= 15 is 0 Å². The number of carbonyl (C=O) groups excluding carboxylic acids is 1. The third-order valence-corrected chi connectivity index (χ3v) is 5.13. The summed E-state index contributed by atoms with van der Waals surface area (Å²) in [4.78, 5) is 21.1.